The fourth-order valence-corrected chi connectivity index (χ4v) is 1.83. The topological polar surface area (TPSA) is 23.6 Å². The molecular weight excluding hydrogens is 240 g/mol. The monoisotopic (exact) mass is 268 g/mol. The number of carbonyl (C=O) groups is 1. The van der Waals surface area contributed by atoms with Crippen molar-refractivity contribution in [3.05, 3.63) is 30.3 Å². The van der Waals surface area contributed by atoms with Gasteiger partial charge in [-0.25, -0.2) is 0 Å². The lowest BCUT2D eigenvalue weighted by molar-refractivity contribution is -0.115. The van der Waals surface area contributed by atoms with Crippen molar-refractivity contribution in [1.29, 1.82) is 0 Å². The van der Waals surface area contributed by atoms with Gasteiger partial charge in [0.05, 0.1) is 8.80 Å². The molecule has 1 rings (SSSR count). The standard InChI is InChI=1S/C8H12Si.C3H7NO.C3H9N/c1-9(2)8-6-4-3-5-7-8;1-4(2)3-5;1-4(2)3/h3-7,9H,1-2H3;3H,1-2H3;1-3H3. The van der Waals surface area contributed by atoms with Gasteiger partial charge >= 0.3 is 0 Å². The number of amides is 1. The SMILES string of the molecule is CN(C)C.CN(C)C=O.C[SiH](C)c1ccccc1. The van der Waals surface area contributed by atoms with Crippen LogP contribution in [-0.2, 0) is 4.79 Å². The summed E-state index contributed by atoms with van der Waals surface area (Å²) in [6, 6.07) is 10.7. The highest BCUT2D eigenvalue weighted by molar-refractivity contribution is 6.70. The molecule has 0 aliphatic rings. The molecule has 0 aromatic heterocycles. The second-order valence-corrected chi connectivity index (χ2v) is 7.95. The molecule has 0 unspecified atom stereocenters. The van der Waals surface area contributed by atoms with E-state index in [1.165, 1.54) is 4.90 Å². The molecule has 0 aliphatic carbocycles. The highest BCUT2D eigenvalue weighted by atomic mass is 28.3. The molecule has 104 valence electrons. The van der Waals surface area contributed by atoms with Crippen LogP contribution in [0.1, 0.15) is 0 Å². The van der Waals surface area contributed by atoms with E-state index in [1.54, 1.807) is 19.3 Å². The molecule has 0 bridgehead atoms. The van der Waals surface area contributed by atoms with Crippen molar-refractivity contribution < 1.29 is 4.79 Å². The number of hydrogen-bond donors (Lipinski definition) is 0. The molecule has 1 aromatic carbocycles. The number of nitrogens with zero attached hydrogens (tertiary/aromatic N) is 2. The second kappa shape index (κ2) is 12.3. The van der Waals surface area contributed by atoms with Crippen LogP contribution in [0.3, 0.4) is 0 Å². The Kier molecular flexibility index (Phi) is 13.2. The van der Waals surface area contributed by atoms with Gasteiger partial charge in [0, 0.05) is 14.1 Å². The third kappa shape index (κ3) is 17.3. The summed E-state index contributed by atoms with van der Waals surface area (Å²) in [5.41, 5.74) is 0. The molecule has 0 radical (unpaired) electrons. The summed E-state index contributed by atoms with van der Waals surface area (Å²) in [6.07, 6.45) is 0.750. The Balaban J connectivity index is 0. The van der Waals surface area contributed by atoms with Crippen LogP contribution >= 0.6 is 0 Å². The first-order chi connectivity index (χ1) is 8.31. The zero-order valence-electron chi connectivity index (χ0n) is 12.8. The normalized spacial score (nSPS) is 8.94. The molecule has 0 spiro atoms. The van der Waals surface area contributed by atoms with E-state index >= 15 is 0 Å². The summed E-state index contributed by atoms with van der Waals surface area (Å²) in [5.74, 6) is 0. The maximum absolute atomic E-state index is 9.43. The highest BCUT2D eigenvalue weighted by Gasteiger charge is 1.95. The molecule has 4 heteroatoms. The van der Waals surface area contributed by atoms with Crippen LogP contribution < -0.4 is 5.19 Å². The van der Waals surface area contributed by atoms with Crippen LogP contribution in [0.2, 0.25) is 13.1 Å². The number of rotatable bonds is 2. The summed E-state index contributed by atoms with van der Waals surface area (Å²) in [4.78, 5) is 12.9. The van der Waals surface area contributed by atoms with Gasteiger partial charge in [0.15, 0.2) is 0 Å². The second-order valence-electron chi connectivity index (χ2n) is 4.98. The first-order valence-electron chi connectivity index (χ1n) is 6.08. The fourth-order valence-electron chi connectivity index (χ4n) is 0.838. The summed E-state index contributed by atoms with van der Waals surface area (Å²) >= 11 is 0. The lowest BCUT2D eigenvalue weighted by Crippen LogP contribution is -2.21. The number of hydrogen-bond acceptors (Lipinski definition) is 2. The maximum Gasteiger partial charge on any atom is 0.209 e. The minimum Gasteiger partial charge on any atom is -0.351 e. The van der Waals surface area contributed by atoms with Crippen molar-refractivity contribution in [2.24, 2.45) is 0 Å². The molecule has 0 N–H and O–H groups in total. The number of benzene rings is 1. The number of carbonyl (C=O) groups excluding carboxylic acids is 1. The molecule has 1 aromatic rings. The largest absolute Gasteiger partial charge is 0.351 e. The third-order valence-corrected chi connectivity index (χ3v) is 3.40. The zero-order chi connectivity index (χ0) is 14.6. The maximum atomic E-state index is 9.43. The molecular formula is C14H28N2OSi. The van der Waals surface area contributed by atoms with Crippen LogP contribution in [-0.4, -0.2) is 60.2 Å². The van der Waals surface area contributed by atoms with Crippen molar-refractivity contribution in [3.63, 3.8) is 0 Å². The molecule has 3 nitrogen and oxygen atoms in total. The van der Waals surface area contributed by atoms with E-state index in [2.05, 4.69) is 43.4 Å². The van der Waals surface area contributed by atoms with Gasteiger partial charge in [-0.3, -0.25) is 4.79 Å². The third-order valence-electron chi connectivity index (χ3n) is 1.68. The Labute approximate surface area is 114 Å². The average Bonchev–Trinajstić information content (AvgIpc) is 2.30. The summed E-state index contributed by atoms with van der Waals surface area (Å²) < 4.78 is 0. The van der Waals surface area contributed by atoms with Crippen LogP contribution in [0.15, 0.2) is 30.3 Å². The van der Waals surface area contributed by atoms with Crippen LogP contribution in [0.4, 0.5) is 0 Å². The molecule has 0 heterocycles. The average molecular weight is 268 g/mol. The van der Waals surface area contributed by atoms with E-state index in [1.807, 2.05) is 26.0 Å². The van der Waals surface area contributed by atoms with Gasteiger partial charge in [-0.05, 0) is 21.1 Å². The molecule has 0 fully saturated rings. The lowest BCUT2D eigenvalue weighted by Gasteiger charge is -1.99. The Morgan fingerprint density at radius 1 is 0.944 bits per heavy atom. The summed E-state index contributed by atoms with van der Waals surface area (Å²) in [6.45, 7) is 4.69. The van der Waals surface area contributed by atoms with E-state index in [0.717, 1.165) is 6.41 Å². The van der Waals surface area contributed by atoms with Crippen LogP contribution in [0, 0.1) is 0 Å². The minimum absolute atomic E-state index is 0.529. The van der Waals surface area contributed by atoms with Crippen molar-refractivity contribution in [3.8, 4) is 0 Å². The molecule has 0 atom stereocenters. The van der Waals surface area contributed by atoms with E-state index < -0.39 is 8.80 Å². The molecule has 0 saturated heterocycles. The highest BCUT2D eigenvalue weighted by Crippen LogP contribution is 1.86. The van der Waals surface area contributed by atoms with Gasteiger partial charge in [-0.2, -0.15) is 0 Å². The van der Waals surface area contributed by atoms with E-state index in [9.17, 15) is 4.79 Å². The molecule has 1 amide bonds. The minimum atomic E-state index is -0.529. The van der Waals surface area contributed by atoms with Gasteiger partial charge in [0.2, 0.25) is 6.41 Å². The zero-order valence-corrected chi connectivity index (χ0v) is 14.0. The van der Waals surface area contributed by atoms with Crippen molar-refractivity contribution >= 4 is 20.4 Å². The van der Waals surface area contributed by atoms with Crippen molar-refractivity contribution in [2.45, 2.75) is 13.1 Å². The smallest absolute Gasteiger partial charge is 0.209 e. The van der Waals surface area contributed by atoms with Crippen LogP contribution in [0.5, 0.6) is 0 Å². The van der Waals surface area contributed by atoms with Crippen molar-refractivity contribution in [1.82, 2.24) is 9.80 Å². The quantitative estimate of drug-likeness (QED) is 0.595. The molecule has 0 aliphatic heterocycles. The van der Waals surface area contributed by atoms with E-state index in [-0.39, 0.29) is 0 Å². The van der Waals surface area contributed by atoms with E-state index in [0.29, 0.717) is 0 Å². The fraction of sp³-hybridized carbons (Fsp3) is 0.500. The first-order valence-corrected chi connectivity index (χ1v) is 8.97. The summed E-state index contributed by atoms with van der Waals surface area (Å²) in [7, 11) is 8.85. The Morgan fingerprint density at radius 2 is 1.28 bits per heavy atom. The van der Waals surface area contributed by atoms with Gasteiger partial charge in [0.25, 0.3) is 0 Å². The first kappa shape index (κ1) is 19.2. The Morgan fingerprint density at radius 3 is 1.44 bits per heavy atom. The van der Waals surface area contributed by atoms with Crippen molar-refractivity contribution in [2.75, 3.05) is 35.2 Å². The van der Waals surface area contributed by atoms with Gasteiger partial charge in [-0.15, -0.1) is 0 Å². The Bertz CT molecular complexity index is 284. The molecule has 0 saturated carbocycles. The lowest BCUT2D eigenvalue weighted by atomic mass is 10.4. The van der Waals surface area contributed by atoms with Gasteiger partial charge in [-0.1, -0.05) is 48.6 Å². The predicted octanol–water partition coefficient (Wildman–Crippen LogP) is 1.26. The molecule has 18 heavy (non-hydrogen) atoms. The van der Waals surface area contributed by atoms with Gasteiger partial charge in [0.1, 0.15) is 0 Å². The predicted molar refractivity (Wildman–Crippen MR) is 84.3 cm³/mol. The summed E-state index contributed by atoms with van der Waals surface area (Å²) in [5, 5.41) is 1.55. The van der Waals surface area contributed by atoms with Crippen LogP contribution in [0.25, 0.3) is 0 Å². The van der Waals surface area contributed by atoms with Gasteiger partial charge < -0.3 is 9.80 Å². The Hall–Kier alpha value is -1.13. The van der Waals surface area contributed by atoms with E-state index in [4.69, 9.17) is 0 Å².